The molecule has 0 bridgehead atoms. The molecule has 20 heavy (non-hydrogen) atoms. The third kappa shape index (κ3) is 2.15. The van der Waals surface area contributed by atoms with Crippen LogP contribution in [0.3, 0.4) is 0 Å². The van der Waals surface area contributed by atoms with E-state index in [4.69, 9.17) is 0 Å². The van der Waals surface area contributed by atoms with Crippen molar-refractivity contribution >= 4 is 5.97 Å². The Balaban J connectivity index is 2.06. The first-order chi connectivity index (χ1) is 9.75. The van der Waals surface area contributed by atoms with Crippen molar-refractivity contribution in [2.75, 3.05) is 0 Å². The highest BCUT2D eigenvalue weighted by Gasteiger charge is 2.48. The lowest BCUT2D eigenvalue weighted by atomic mass is 9.61. The van der Waals surface area contributed by atoms with Gasteiger partial charge in [0.15, 0.2) is 0 Å². The summed E-state index contributed by atoms with van der Waals surface area (Å²) < 4.78 is 0. The topological polar surface area (TPSA) is 37.3 Å². The van der Waals surface area contributed by atoms with Crippen LogP contribution in [-0.2, 0) is 16.6 Å². The summed E-state index contributed by atoms with van der Waals surface area (Å²) in [6.07, 6.45) is 9.98. The van der Waals surface area contributed by atoms with Gasteiger partial charge in [-0.05, 0) is 49.1 Å². The highest BCUT2D eigenvalue weighted by molar-refractivity contribution is 5.83. The zero-order chi connectivity index (χ0) is 14.0. The van der Waals surface area contributed by atoms with E-state index in [1.165, 1.54) is 31.2 Å². The van der Waals surface area contributed by atoms with E-state index in [1.54, 1.807) is 0 Å². The maximum absolute atomic E-state index is 12.3. The summed E-state index contributed by atoms with van der Waals surface area (Å²) in [5.41, 5.74) is 1.77. The van der Waals surface area contributed by atoms with E-state index >= 15 is 0 Å². The van der Waals surface area contributed by atoms with Gasteiger partial charge in [0.1, 0.15) is 0 Å². The summed E-state index contributed by atoms with van der Waals surface area (Å²) in [6.45, 7) is 0. The number of rotatable bonds is 2. The van der Waals surface area contributed by atoms with E-state index in [0.29, 0.717) is 5.92 Å². The second-order valence-electron chi connectivity index (χ2n) is 6.48. The van der Waals surface area contributed by atoms with Gasteiger partial charge in [0.05, 0.1) is 5.41 Å². The zero-order valence-corrected chi connectivity index (χ0v) is 12.1. The molecule has 1 saturated carbocycles. The maximum Gasteiger partial charge on any atom is 0.314 e. The van der Waals surface area contributed by atoms with Crippen LogP contribution in [0, 0.1) is 5.92 Å². The minimum atomic E-state index is -0.612. The Bertz CT molecular complexity index is 486. The minimum absolute atomic E-state index is 0.323. The van der Waals surface area contributed by atoms with Crippen molar-refractivity contribution in [3.63, 3.8) is 0 Å². The van der Waals surface area contributed by atoms with Gasteiger partial charge in [-0.3, -0.25) is 4.79 Å². The molecule has 2 heteroatoms. The smallest absolute Gasteiger partial charge is 0.314 e. The van der Waals surface area contributed by atoms with Gasteiger partial charge in [0.2, 0.25) is 0 Å². The highest BCUT2D eigenvalue weighted by atomic mass is 16.4. The molecule has 0 spiro atoms. The van der Waals surface area contributed by atoms with Crippen LogP contribution in [-0.4, -0.2) is 11.1 Å². The molecule has 0 aliphatic heterocycles. The predicted octanol–water partition coefficient (Wildman–Crippen LogP) is 4.32. The highest BCUT2D eigenvalue weighted by Crippen LogP contribution is 2.47. The molecule has 2 nitrogen and oxygen atoms in total. The van der Waals surface area contributed by atoms with Gasteiger partial charge in [-0.15, -0.1) is 0 Å². The Kier molecular flexibility index (Phi) is 3.82. The number of hydrogen-bond acceptors (Lipinski definition) is 1. The number of carboxylic acid groups (broad SMARTS) is 1. The van der Waals surface area contributed by atoms with Crippen molar-refractivity contribution in [3.05, 3.63) is 35.4 Å². The fourth-order valence-corrected chi connectivity index (χ4v) is 4.46. The summed E-state index contributed by atoms with van der Waals surface area (Å²) in [7, 11) is 0. The number of aryl methyl sites for hydroxylation is 1. The SMILES string of the molecule is O=C(O)C1(C2CCCCCC2)CCCc2ccccc21. The van der Waals surface area contributed by atoms with Crippen molar-refractivity contribution in [2.24, 2.45) is 5.92 Å². The molecule has 2 aliphatic rings. The quantitative estimate of drug-likeness (QED) is 0.814. The van der Waals surface area contributed by atoms with E-state index in [9.17, 15) is 9.90 Å². The van der Waals surface area contributed by atoms with Crippen molar-refractivity contribution < 1.29 is 9.90 Å². The third-order valence-electron chi connectivity index (χ3n) is 5.45. The van der Waals surface area contributed by atoms with E-state index in [0.717, 1.165) is 37.7 Å². The van der Waals surface area contributed by atoms with Crippen LogP contribution in [0.25, 0.3) is 0 Å². The number of aliphatic carboxylic acids is 1. The van der Waals surface area contributed by atoms with Gasteiger partial charge in [-0.1, -0.05) is 49.9 Å². The van der Waals surface area contributed by atoms with E-state index in [1.807, 2.05) is 12.1 Å². The van der Waals surface area contributed by atoms with Crippen molar-refractivity contribution in [1.82, 2.24) is 0 Å². The lowest BCUT2D eigenvalue weighted by molar-refractivity contribution is -0.147. The van der Waals surface area contributed by atoms with Crippen LogP contribution in [0.1, 0.15) is 62.5 Å². The molecule has 1 aromatic rings. The van der Waals surface area contributed by atoms with Crippen molar-refractivity contribution in [1.29, 1.82) is 0 Å². The van der Waals surface area contributed by atoms with Gasteiger partial charge in [-0.2, -0.15) is 0 Å². The fraction of sp³-hybridized carbons (Fsp3) is 0.611. The first kappa shape index (κ1) is 13.7. The Morgan fingerprint density at radius 3 is 2.45 bits per heavy atom. The van der Waals surface area contributed by atoms with Gasteiger partial charge < -0.3 is 5.11 Å². The second kappa shape index (κ2) is 5.59. The summed E-state index contributed by atoms with van der Waals surface area (Å²) in [4.78, 5) is 12.3. The van der Waals surface area contributed by atoms with E-state index in [2.05, 4.69) is 12.1 Å². The van der Waals surface area contributed by atoms with E-state index < -0.39 is 11.4 Å². The van der Waals surface area contributed by atoms with Crippen molar-refractivity contribution in [2.45, 2.75) is 63.2 Å². The first-order valence-corrected chi connectivity index (χ1v) is 8.07. The van der Waals surface area contributed by atoms with Crippen LogP contribution in [0.2, 0.25) is 0 Å². The average Bonchev–Trinajstić information content (AvgIpc) is 2.75. The van der Waals surface area contributed by atoms with Crippen LogP contribution in [0.4, 0.5) is 0 Å². The molecule has 1 aromatic carbocycles. The van der Waals surface area contributed by atoms with Crippen LogP contribution < -0.4 is 0 Å². The molecule has 0 amide bonds. The number of fused-ring (bicyclic) bond motifs is 1. The lowest BCUT2D eigenvalue weighted by Gasteiger charge is -2.41. The zero-order valence-electron chi connectivity index (χ0n) is 12.1. The van der Waals surface area contributed by atoms with Crippen LogP contribution in [0.15, 0.2) is 24.3 Å². The molecule has 0 saturated heterocycles. The molecule has 0 aromatic heterocycles. The molecular formula is C18H24O2. The van der Waals surface area contributed by atoms with Gasteiger partial charge in [0, 0.05) is 0 Å². The molecular weight excluding hydrogens is 248 g/mol. The number of carbonyl (C=O) groups is 1. The molecule has 108 valence electrons. The normalized spacial score (nSPS) is 27.6. The van der Waals surface area contributed by atoms with Gasteiger partial charge in [0.25, 0.3) is 0 Å². The molecule has 2 aliphatic carbocycles. The maximum atomic E-state index is 12.3. The molecule has 1 fully saturated rings. The van der Waals surface area contributed by atoms with Crippen LogP contribution >= 0.6 is 0 Å². The van der Waals surface area contributed by atoms with Gasteiger partial charge in [-0.25, -0.2) is 0 Å². The van der Waals surface area contributed by atoms with E-state index in [-0.39, 0.29) is 0 Å². The molecule has 1 atom stereocenters. The first-order valence-electron chi connectivity index (χ1n) is 8.07. The molecule has 1 unspecified atom stereocenters. The fourth-order valence-electron chi connectivity index (χ4n) is 4.46. The monoisotopic (exact) mass is 272 g/mol. The predicted molar refractivity (Wildman–Crippen MR) is 79.9 cm³/mol. The molecule has 1 N–H and O–H groups in total. The summed E-state index contributed by atoms with van der Waals surface area (Å²) in [6, 6.07) is 8.26. The average molecular weight is 272 g/mol. The second-order valence-corrected chi connectivity index (χ2v) is 6.48. The van der Waals surface area contributed by atoms with Crippen molar-refractivity contribution in [3.8, 4) is 0 Å². The Morgan fingerprint density at radius 2 is 1.75 bits per heavy atom. The van der Waals surface area contributed by atoms with Crippen LogP contribution in [0.5, 0.6) is 0 Å². The lowest BCUT2D eigenvalue weighted by Crippen LogP contribution is -2.45. The summed E-state index contributed by atoms with van der Waals surface area (Å²) in [5, 5.41) is 10.1. The third-order valence-corrected chi connectivity index (χ3v) is 5.45. The summed E-state index contributed by atoms with van der Waals surface area (Å²) >= 11 is 0. The number of hydrogen-bond donors (Lipinski definition) is 1. The molecule has 0 radical (unpaired) electrons. The van der Waals surface area contributed by atoms with Gasteiger partial charge >= 0.3 is 5.97 Å². The number of benzene rings is 1. The molecule has 0 heterocycles. The Hall–Kier alpha value is -1.31. The summed E-state index contributed by atoms with van der Waals surface area (Å²) in [5.74, 6) is -0.263. The Morgan fingerprint density at radius 1 is 1.05 bits per heavy atom. The minimum Gasteiger partial charge on any atom is -0.481 e. The standard InChI is InChI=1S/C18H24O2/c19-17(20)18(15-10-3-1-2-4-11-15)13-7-9-14-8-5-6-12-16(14)18/h5-6,8,12,15H,1-4,7,9-11,13H2,(H,19,20). The number of carboxylic acids is 1. The molecule has 3 rings (SSSR count). The Labute approximate surface area is 121 Å². The largest absolute Gasteiger partial charge is 0.481 e.